The van der Waals surface area contributed by atoms with Crippen LogP contribution in [0.15, 0.2) is 17.0 Å². The summed E-state index contributed by atoms with van der Waals surface area (Å²) in [5.74, 6) is 1.15. The van der Waals surface area contributed by atoms with Crippen LogP contribution in [0, 0.1) is 34.6 Å². The Kier molecular flexibility index (Phi) is 5.94. The number of nitrogens with one attached hydrogen (secondary N) is 1. The Balaban J connectivity index is 2.62. The first-order chi connectivity index (χ1) is 12.6. The van der Waals surface area contributed by atoms with Crippen LogP contribution in [-0.4, -0.2) is 29.7 Å². The second-order valence-electron chi connectivity index (χ2n) is 6.47. The summed E-state index contributed by atoms with van der Waals surface area (Å²) in [5, 5.41) is 0. The molecule has 0 heterocycles. The van der Waals surface area contributed by atoms with Crippen LogP contribution in [0.4, 0.5) is 5.69 Å². The molecule has 0 aliphatic rings. The lowest BCUT2D eigenvalue weighted by atomic mass is 9.95. The number of ether oxygens (including phenoxy) is 3. The normalized spacial score (nSPS) is 11.3. The number of rotatable bonds is 6. The van der Waals surface area contributed by atoms with Crippen molar-refractivity contribution in [1.82, 2.24) is 0 Å². The fourth-order valence-corrected chi connectivity index (χ4v) is 4.86. The molecule has 2 rings (SSSR count). The lowest BCUT2D eigenvalue weighted by Crippen LogP contribution is -2.18. The molecule has 0 fully saturated rings. The van der Waals surface area contributed by atoms with Gasteiger partial charge in [0, 0.05) is 12.1 Å². The third kappa shape index (κ3) is 3.69. The van der Waals surface area contributed by atoms with Crippen molar-refractivity contribution in [2.24, 2.45) is 0 Å². The summed E-state index contributed by atoms with van der Waals surface area (Å²) in [6, 6.07) is 3.13. The van der Waals surface area contributed by atoms with Crippen molar-refractivity contribution in [3.8, 4) is 17.2 Å². The average molecular weight is 394 g/mol. The van der Waals surface area contributed by atoms with Gasteiger partial charge in [-0.2, -0.15) is 0 Å². The number of anilines is 1. The second-order valence-corrected chi connectivity index (χ2v) is 8.09. The van der Waals surface area contributed by atoms with Gasteiger partial charge in [-0.3, -0.25) is 4.72 Å². The minimum atomic E-state index is -3.81. The average Bonchev–Trinajstić information content (AvgIpc) is 2.63. The maximum Gasteiger partial charge on any atom is 0.262 e. The van der Waals surface area contributed by atoms with E-state index < -0.39 is 10.0 Å². The van der Waals surface area contributed by atoms with Crippen LogP contribution in [0.3, 0.4) is 0 Å². The van der Waals surface area contributed by atoms with Crippen molar-refractivity contribution in [3.05, 3.63) is 39.9 Å². The Labute approximate surface area is 161 Å². The fourth-order valence-electron chi connectivity index (χ4n) is 3.21. The van der Waals surface area contributed by atoms with Gasteiger partial charge >= 0.3 is 0 Å². The lowest BCUT2D eigenvalue weighted by molar-refractivity contribution is 0.325. The van der Waals surface area contributed by atoms with E-state index in [1.54, 1.807) is 12.1 Å². The fraction of sp³-hybridized carbons (Fsp3) is 0.400. The summed E-state index contributed by atoms with van der Waals surface area (Å²) in [6.07, 6.45) is 0. The van der Waals surface area contributed by atoms with E-state index in [1.807, 2.05) is 34.6 Å². The summed E-state index contributed by atoms with van der Waals surface area (Å²) in [6.45, 7) is 9.55. The minimum Gasteiger partial charge on any atom is -0.493 e. The van der Waals surface area contributed by atoms with Crippen LogP contribution < -0.4 is 18.9 Å². The van der Waals surface area contributed by atoms with E-state index in [0.29, 0.717) is 27.8 Å². The van der Waals surface area contributed by atoms with E-state index in [4.69, 9.17) is 14.2 Å². The zero-order valence-corrected chi connectivity index (χ0v) is 17.9. The van der Waals surface area contributed by atoms with Gasteiger partial charge in [-0.1, -0.05) is 0 Å². The molecule has 27 heavy (non-hydrogen) atoms. The van der Waals surface area contributed by atoms with Gasteiger partial charge in [0.05, 0.1) is 31.9 Å². The third-order valence-corrected chi connectivity index (χ3v) is 6.77. The maximum atomic E-state index is 13.2. The zero-order chi connectivity index (χ0) is 20.5. The monoisotopic (exact) mass is 393 g/mol. The highest BCUT2D eigenvalue weighted by Gasteiger charge is 2.25. The summed E-state index contributed by atoms with van der Waals surface area (Å²) in [5.41, 5.74) is 4.88. The summed E-state index contributed by atoms with van der Waals surface area (Å²) in [4.78, 5) is 0.303. The molecule has 0 saturated heterocycles. The van der Waals surface area contributed by atoms with Gasteiger partial charge in [0.25, 0.3) is 10.0 Å². The topological polar surface area (TPSA) is 73.9 Å². The van der Waals surface area contributed by atoms with Crippen molar-refractivity contribution < 1.29 is 22.6 Å². The van der Waals surface area contributed by atoms with Gasteiger partial charge in [-0.25, -0.2) is 8.42 Å². The molecular weight excluding hydrogens is 366 g/mol. The molecule has 6 nitrogen and oxygen atoms in total. The molecule has 0 bridgehead atoms. The first kappa shape index (κ1) is 20.9. The van der Waals surface area contributed by atoms with Gasteiger partial charge in [0.2, 0.25) is 5.75 Å². The Morgan fingerprint density at radius 1 is 0.704 bits per heavy atom. The molecule has 0 aliphatic carbocycles. The van der Waals surface area contributed by atoms with Crippen molar-refractivity contribution in [1.29, 1.82) is 0 Å². The zero-order valence-electron chi connectivity index (χ0n) is 17.1. The van der Waals surface area contributed by atoms with Gasteiger partial charge in [0.15, 0.2) is 11.5 Å². The molecule has 7 heteroatoms. The Bertz CT molecular complexity index is 926. The molecule has 0 saturated carbocycles. The first-order valence-corrected chi connectivity index (χ1v) is 9.97. The summed E-state index contributed by atoms with van der Waals surface area (Å²) in [7, 11) is 0.652. The molecule has 0 amide bonds. The van der Waals surface area contributed by atoms with Crippen LogP contribution in [0.1, 0.15) is 27.8 Å². The molecule has 0 radical (unpaired) electrons. The van der Waals surface area contributed by atoms with Gasteiger partial charge < -0.3 is 14.2 Å². The van der Waals surface area contributed by atoms with Gasteiger partial charge in [0.1, 0.15) is 0 Å². The third-order valence-electron chi connectivity index (χ3n) is 5.12. The highest BCUT2D eigenvalue weighted by molar-refractivity contribution is 7.92. The number of methoxy groups -OCH3 is 3. The van der Waals surface area contributed by atoms with Crippen LogP contribution in [0.25, 0.3) is 0 Å². The molecule has 0 aromatic heterocycles. The van der Waals surface area contributed by atoms with E-state index in [1.165, 1.54) is 21.3 Å². The second kappa shape index (κ2) is 7.68. The SMILES string of the molecule is COc1cc(NS(=O)(=O)c2c(C)c(C)c(C)c(C)c2C)cc(OC)c1OC. The van der Waals surface area contributed by atoms with Crippen LogP contribution >= 0.6 is 0 Å². The van der Waals surface area contributed by atoms with Crippen LogP contribution in [0.2, 0.25) is 0 Å². The summed E-state index contributed by atoms with van der Waals surface area (Å²) < 4.78 is 44.9. The first-order valence-electron chi connectivity index (χ1n) is 8.48. The van der Waals surface area contributed by atoms with E-state index in [0.717, 1.165) is 27.8 Å². The number of benzene rings is 2. The van der Waals surface area contributed by atoms with Crippen LogP contribution in [0.5, 0.6) is 17.2 Å². The highest BCUT2D eigenvalue weighted by atomic mass is 32.2. The molecule has 2 aromatic carbocycles. The molecule has 0 aliphatic heterocycles. The molecule has 0 atom stereocenters. The molecule has 0 unspecified atom stereocenters. The highest BCUT2D eigenvalue weighted by Crippen LogP contribution is 2.41. The van der Waals surface area contributed by atoms with Crippen molar-refractivity contribution in [3.63, 3.8) is 0 Å². The number of hydrogen-bond acceptors (Lipinski definition) is 5. The summed E-state index contributed by atoms with van der Waals surface area (Å²) >= 11 is 0. The van der Waals surface area contributed by atoms with Gasteiger partial charge in [-0.15, -0.1) is 0 Å². The number of hydrogen-bond donors (Lipinski definition) is 1. The quantitative estimate of drug-likeness (QED) is 0.801. The molecular formula is C20H27NO5S. The van der Waals surface area contributed by atoms with Crippen LogP contribution in [-0.2, 0) is 10.0 Å². The van der Waals surface area contributed by atoms with E-state index in [9.17, 15) is 8.42 Å². The molecule has 1 N–H and O–H groups in total. The Hall–Kier alpha value is -2.41. The van der Waals surface area contributed by atoms with E-state index >= 15 is 0 Å². The van der Waals surface area contributed by atoms with E-state index in [2.05, 4.69) is 4.72 Å². The van der Waals surface area contributed by atoms with Crippen molar-refractivity contribution >= 4 is 15.7 Å². The standard InChI is InChI=1S/C20H27NO5S/c1-11-12(2)14(4)20(15(5)13(11)3)27(22,23)21-16-9-17(24-6)19(26-8)18(10-16)25-7/h9-10,21H,1-8H3. The van der Waals surface area contributed by atoms with Crippen molar-refractivity contribution in [2.45, 2.75) is 39.5 Å². The van der Waals surface area contributed by atoms with Crippen molar-refractivity contribution in [2.75, 3.05) is 26.1 Å². The minimum absolute atomic E-state index is 0.303. The van der Waals surface area contributed by atoms with Gasteiger partial charge in [-0.05, 0) is 62.4 Å². The Morgan fingerprint density at radius 3 is 1.48 bits per heavy atom. The Morgan fingerprint density at radius 2 is 1.11 bits per heavy atom. The lowest BCUT2D eigenvalue weighted by Gasteiger charge is -2.20. The molecule has 148 valence electrons. The number of sulfonamides is 1. The molecule has 0 spiro atoms. The predicted molar refractivity (Wildman–Crippen MR) is 107 cm³/mol. The smallest absolute Gasteiger partial charge is 0.262 e. The maximum absolute atomic E-state index is 13.2. The molecule has 2 aromatic rings. The largest absolute Gasteiger partial charge is 0.493 e. The van der Waals surface area contributed by atoms with E-state index in [-0.39, 0.29) is 0 Å². The predicted octanol–water partition coefficient (Wildman–Crippen LogP) is 4.06.